The average Bonchev–Trinajstić information content (AvgIpc) is 2.63. The summed E-state index contributed by atoms with van der Waals surface area (Å²) in [6, 6.07) is 17.5. The number of para-hydroxylation sites is 1. The molecule has 0 saturated carbocycles. The van der Waals surface area contributed by atoms with Gasteiger partial charge in [0.05, 0.1) is 17.1 Å². The Balaban J connectivity index is 2.06. The molecule has 3 rings (SSSR count). The number of aryl methyl sites for hydroxylation is 1. The van der Waals surface area contributed by atoms with Gasteiger partial charge in [-0.05, 0) is 42.7 Å². The van der Waals surface area contributed by atoms with Crippen LogP contribution in [-0.2, 0) is 13.0 Å². The van der Waals surface area contributed by atoms with Gasteiger partial charge in [-0.25, -0.2) is 0 Å². The summed E-state index contributed by atoms with van der Waals surface area (Å²) >= 11 is 0. The lowest BCUT2D eigenvalue weighted by molar-refractivity contribution is 0.764. The fourth-order valence-electron chi connectivity index (χ4n) is 2.96. The van der Waals surface area contributed by atoms with Gasteiger partial charge in [-0.15, -0.1) is 0 Å². The Hall–Kier alpha value is -2.86. The van der Waals surface area contributed by atoms with Gasteiger partial charge >= 0.3 is 0 Å². The van der Waals surface area contributed by atoms with E-state index in [1.165, 1.54) is 0 Å². The van der Waals surface area contributed by atoms with Gasteiger partial charge in [0.25, 0.3) is 0 Å². The van der Waals surface area contributed by atoms with Gasteiger partial charge in [-0.2, -0.15) is 5.26 Å². The maximum Gasteiger partial charge on any atom is 0.192 e. The first-order valence-electron chi connectivity index (χ1n) is 8.33. The summed E-state index contributed by atoms with van der Waals surface area (Å²) < 4.78 is 2.14. The highest BCUT2D eigenvalue weighted by atomic mass is 16.1. The van der Waals surface area contributed by atoms with Crippen LogP contribution in [0.4, 0.5) is 0 Å². The van der Waals surface area contributed by atoms with Crippen LogP contribution in [0.1, 0.15) is 36.5 Å². The molecular weight excluding hydrogens is 296 g/mol. The maximum atomic E-state index is 12.7. The fraction of sp³-hybridized carbons (Fsp3) is 0.238. The number of hydrogen-bond acceptors (Lipinski definition) is 2. The Morgan fingerprint density at radius 3 is 2.54 bits per heavy atom. The molecule has 0 aliphatic rings. The van der Waals surface area contributed by atoms with Crippen LogP contribution in [-0.4, -0.2) is 4.57 Å². The van der Waals surface area contributed by atoms with Crippen LogP contribution in [0.15, 0.2) is 59.5 Å². The van der Waals surface area contributed by atoms with E-state index in [0.29, 0.717) is 12.1 Å². The number of nitrogens with zero attached hydrogens (tertiary/aromatic N) is 2. The summed E-state index contributed by atoms with van der Waals surface area (Å²) in [6.45, 7) is 2.82. The quantitative estimate of drug-likeness (QED) is 0.706. The van der Waals surface area contributed by atoms with Crippen LogP contribution in [0.5, 0.6) is 0 Å². The van der Waals surface area contributed by atoms with E-state index in [1.807, 2.05) is 54.7 Å². The second kappa shape index (κ2) is 7.14. The molecule has 0 radical (unpaired) electrons. The van der Waals surface area contributed by atoms with Crippen molar-refractivity contribution in [2.75, 3.05) is 0 Å². The van der Waals surface area contributed by atoms with Crippen molar-refractivity contribution < 1.29 is 0 Å². The van der Waals surface area contributed by atoms with E-state index in [4.69, 9.17) is 5.26 Å². The van der Waals surface area contributed by atoms with Gasteiger partial charge in [-0.3, -0.25) is 4.79 Å². The molecule has 1 heterocycles. The van der Waals surface area contributed by atoms with Crippen molar-refractivity contribution in [1.82, 2.24) is 4.57 Å². The summed E-state index contributed by atoms with van der Waals surface area (Å²) in [5.41, 5.74) is 3.75. The molecule has 0 unspecified atom stereocenters. The zero-order chi connectivity index (χ0) is 16.9. The van der Waals surface area contributed by atoms with Crippen molar-refractivity contribution in [3.05, 3.63) is 81.6 Å². The van der Waals surface area contributed by atoms with Crippen molar-refractivity contribution in [2.24, 2.45) is 0 Å². The molecule has 0 spiro atoms. The Kier molecular flexibility index (Phi) is 4.77. The van der Waals surface area contributed by atoms with Crippen LogP contribution in [0.3, 0.4) is 0 Å². The SMILES string of the molecule is CCCCc1cn(Cc2ccc(C#N)cc2)c2ccccc2c1=O. The number of pyridine rings is 1. The second-order valence-electron chi connectivity index (χ2n) is 6.04. The molecule has 0 saturated heterocycles. The number of unbranched alkanes of at least 4 members (excludes halogenated alkanes) is 1. The van der Waals surface area contributed by atoms with E-state index < -0.39 is 0 Å². The van der Waals surface area contributed by atoms with Gasteiger partial charge in [0.2, 0.25) is 0 Å². The molecule has 0 atom stereocenters. The smallest absolute Gasteiger partial charge is 0.192 e. The first kappa shape index (κ1) is 16.0. The fourth-order valence-corrected chi connectivity index (χ4v) is 2.96. The second-order valence-corrected chi connectivity index (χ2v) is 6.04. The molecule has 1 aromatic heterocycles. The third-order valence-corrected chi connectivity index (χ3v) is 4.30. The molecule has 3 nitrogen and oxygen atoms in total. The topological polar surface area (TPSA) is 45.8 Å². The van der Waals surface area contributed by atoms with E-state index in [9.17, 15) is 4.79 Å². The number of benzene rings is 2. The standard InChI is InChI=1S/C21H20N2O/c1-2-3-6-18-15-23(14-17-11-9-16(13-22)10-12-17)20-8-5-4-7-19(20)21(18)24/h4-5,7-12,15H,2-3,6,14H2,1H3. The lowest BCUT2D eigenvalue weighted by atomic mass is 10.1. The van der Waals surface area contributed by atoms with Crippen molar-refractivity contribution in [3.63, 3.8) is 0 Å². The van der Waals surface area contributed by atoms with Crippen LogP contribution in [0, 0.1) is 11.3 Å². The highest BCUT2D eigenvalue weighted by Crippen LogP contribution is 2.15. The largest absolute Gasteiger partial charge is 0.343 e. The van der Waals surface area contributed by atoms with E-state index in [1.54, 1.807) is 0 Å². The first-order valence-corrected chi connectivity index (χ1v) is 8.33. The summed E-state index contributed by atoms with van der Waals surface area (Å²) in [4.78, 5) is 12.7. The summed E-state index contributed by atoms with van der Waals surface area (Å²) in [6.07, 6.45) is 4.90. The van der Waals surface area contributed by atoms with Crippen LogP contribution in [0.2, 0.25) is 0 Å². The zero-order valence-corrected chi connectivity index (χ0v) is 13.8. The molecular formula is C21H20N2O. The predicted molar refractivity (Wildman–Crippen MR) is 97.1 cm³/mol. The predicted octanol–water partition coefficient (Wildman–Crippen LogP) is 4.26. The number of nitriles is 1. The van der Waals surface area contributed by atoms with E-state index >= 15 is 0 Å². The van der Waals surface area contributed by atoms with Gasteiger partial charge in [0.15, 0.2) is 5.43 Å². The molecule has 3 heteroatoms. The molecule has 3 aromatic rings. The molecule has 120 valence electrons. The minimum absolute atomic E-state index is 0.148. The molecule has 0 fully saturated rings. The number of fused-ring (bicyclic) bond motifs is 1. The van der Waals surface area contributed by atoms with Crippen molar-refractivity contribution >= 4 is 10.9 Å². The number of rotatable bonds is 5. The van der Waals surface area contributed by atoms with Crippen LogP contribution >= 0.6 is 0 Å². The van der Waals surface area contributed by atoms with Crippen molar-refractivity contribution in [3.8, 4) is 6.07 Å². The van der Waals surface area contributed by atoms with Crippen LogP contribution < -0.4 is 5.43 Å². The van der Waals surface area contributed by atoms with Gasteiger partial charge in [0, 0.05) is 23.7 Å². The highest BCUT2D eigenvalue weighted by Gasteiger charge is 2.09. The third kappa shape index (κ3) is 3.23. The molecule has 0 aliphatic heterocycles. The summed E-state index contributed by atoms with van der Waals surface area (Å²) in [5, 5.41) is 9.70. The highest BCUT2D eigenvalue weighted by molar-refractivity contribution is 5.79. The monoisotopic (exact) mass is 316 g/mol. The van der Waals surface area contributed by atoms with Crippen LogP contribution in [0.25, 0.3) is 10.9 Å². The normalized spacial score (nSPS) is 10.7. The van der Waals surface area contributed by atoms with E-state index in [-0.39, 0.29) is 5.43 Å². The summed E-state index contributed by atoms with van der Waals surface area (Å²) in [7, 11) is 0. The van der Waals surface area contributed by atoms with Gasteiger partial charge in [0.1, 0.15) is 0 Å². The maximum absolute atomic E-state index is 12.7. The minimum atomic E-state index is 0.148. The Labute approximate surface area is 141 Å². The third-order valence-electron chi connectivity index (χ3n) is 4.30. The number of hydrogen-bond donors (Lipinski definition) is 0. The van der Waals surface area contributed by atoms with E-state index in [2.05, 4.69) is 17.6 Å². The molecule has 2 aromatic carbocycles. The van der Waals surface area contributed by atoms with Crippen molar-refractivity contribution in [2.45, 2.75) is 32.7 Å². The molecule has 0 amide bonds. The van der Waals surface area contributed by atoms with Gasteiger partial charge in [-0.1, -0.05) is 37.6 Å². The summed E-state index contributed by atoms with van der Waals surface area (Å²) in [5.74, 6) is 0. The molecule has 0 bridgehead atoms. The number of aromatic nitrogens is 1. The van der Waals surface area contributed by atoms with Crippen molar-refractivity contribution in [1.29, 1.82) is 5.26 Å². The average molecular weight is 316 g/mol. The Morgan fingerprint density at radius 2 is 1.83 bits per heavy atom. The Morgan fingerprint density at radius 1 is 1.08 bits per heavy atom. The van der Waals surface area contributed by atoms with E-state index in [0.717, 1.165) is 41.3 Å². The lowest BCUT2D eigenvalue weighted by Gasteiger charge is -2.14. The molecule has 0 N–H and O–H groups in total. The molecule has 0 aliphatic carbocycles. The first-order chi connectivity index (χ1) is 11.7. The molecule has 24 heavy (non-hydrogen) atoms. The van der Waals surface area contributed by atoms with Gasteiger partial charge < -0.3 is 4.57 Å². The Bertz CT molecular complexity index is 946. The minimum Gasteiger partial charge on any atom is -0.343 e. The zero-order valence-electron chi connectivity index (χ0n) is 13.8. The lowest BCUT2D eigenvalue weighted by Crippen LogP contribution is -2.15.